The number of hydrogen-bond donors (Lipinski definition) is 4. The number of ether oxygens (including phenoxy) is 1. The van der Waals surface area contributed by atoms with Gasteiger partial charge in [-0.3, -0.25) is 9.59 Å². The van der Waals surface area contributed by atoms with Gasteiger partial charge in [-0.25, -0.2) is 0 Å². The van der Waals surface area contributed by atoms with E-state index in [9.17, 15) is 24.9 Å². The molecule has 0 fully saturated rings. The van der Waals surface area contributed by atoms with Gasteiger partial charge in [-0.1, -0.05) is 0 Å². The Morgan fingerprint density at radius 1 is 1.25 bits per heavy atom. The fraction of sp³-hybridized carbons (Fsp3) is 0.250. The molecule has 0 unspecified atom stereocenters. The third-order valence-corrected chi connectivity index (χ3v) is 3.49. The molecule has 0 aliphatic heterocycles. The first-order valence-corrected chi connectivity index (χ1v) is 6.96. The van der Waals surface area contributed by atoms with E-state index in [2.05, 4.69) is 0 Å². The molecule has 0 saturated carbocycles. The van der Waals surface area contributed by atoms with E-state index in [1.165, 1.54) is 26.2 Å². The molecule has 0 saturated heterocycles. The summed E-state index contributed by atoms with van der Waals surface area (Å²) in [5, 5.41) is 29.5. The maximum atomic E-state index is 11.8. The van der Waals surface area contributed by atoms with Crippen LogP contribution in [-0.4, -0.2) is 28.3 Å². The van der Waals surface area contributed by atoms with Gasteiger partial charge >= 0.3 is 0 Å². The average molecular weight is 335 g/mol. The number of primary amides is 1. The minimum Gasteiger partial charge on any atom is -0.504 e. The molecule has 5 N–H and O–H groups in total. The summed E-state index contributed by atoms with van der Waals surface area (Å²) in [5.74, 6) is -3.26. The lowest BCUT2D eigenvalue weighted by Gasteiger charge is -2.18. The number of phenolic OH excluding ortho intramolecular Hbond substituents is 2. The Labute approximate surface area is 136 Å². The molecule has 8 heteroatoms. The molecule has 0 bridgehead atoms. The molecule has 1 amide bonds. The molecule has 1 aromatic carbocycles. The molecular weight excluding hydrogens is 318 g/mol. The standard InChI is InChI=1S/C16H17NO7/c1-7-3-10(18)15(22)16(24-7)9(6-13(17)20)8-4-11(19)14(21)12(5-8)23-2/h3-5,9,19,21-22H,6H2,1-2H3,(H2,17,20)/t9-/m0/s1. The number of methoxy groups -OCH3 is 1. The number of amides is 1. The normalized spacial score (nSPS) is 11.9. The van der Waals surface area contributed by atoms with Gasteiger partial charge in [0.05, 0.1) is 13.0 Å². The third kappa shape index (κ3) is 3.27. The van der Waals surface area contributed by atoms with Gasteiger partial charge in [0.1, 0.15) is 5.76 Å². The second kappa shape index (κ2) is 6.53. The van der Waals surface area contributed by atoms with Gasteiger partial charge < -0.3 is 30.2 Å². The number of carbonyl (C=O) groups is 1. The van der Waals surface area contributed by atoms with Crippen LogP contribution in [0.2, 0.25) is 0 Å². The number of benzene rings is 1. The molecule has 1 aromatic heterocycles. The van der Waals surface area contributed by atoms with Crippen molar-refractivity contribution in [3.05, 3.63) is 45.5 Å². The first kappa shape index (κ1) is 17.2. The molecule has 1 heterocycles. The van der Waals surface area contributed by atoms with E-state index in [1.807, 2.05) is 0 Å². The minimum absolute atomic E-state index is 0.0473. The second-order valence-corrected chi connectivity index (χ2v) is 5.25. The monoisotopic (exact) mass is 335 g/mol. The summed E-state index contributed by atoms with van der Waals surface area (Å²) < 4.78 is 10.4. The number of carbonyl (C=O) groups excluding carboxylic acids is 1. The predicted octanol–water partition coefficient (Wildman–Crippen LogP) is 1.08. The summed E-state index contributed by atoms with van der Waals surface area (Å²) in [7, 11) is 1.28. The Morgan fingerprint density at radius 3 is 2.50 bits per heavy atom. The lowest BCUT2D eigenvalue weighted by molar-refractivity contribution is -0.118. The molecule has 0 aliphatic rings. The Kier molecular flexibility index (Phi) is 4.68. The summed E-state index contributed by atoms with van der Waals surface area (Å²) in [6.45, 7) is 1.51. The lowest BCUT2D eigenvalue weighted by atomic mass is 9.91. The zero-order valence-corrected chi connectivity index (χ0v) is 13.1. The van der Waals surface area contributed by atoms with Crippen molar-refractivity contribution in [2.75, 3.05) is 7.11 Å². The van der Waals surface area contributed by atoms with Gasteiger partial charge in [-0.15, -0.1) is 0 Å². The Balaban J connectivity index is 2.69. The Morgan fingerprint density at radius 2 is 1.92 bits per heavy atom. The minimum atomic E-state index is -0.949. The second-order valence-electron chi connectivity index (χ2n) is 5.25. The van der Waals surface area contributed by atoms with E-state index in [-0.39, 0.29) is 29.3 Å². The topological polar surface area (TPSA) is 143 Å². The number of rotatable bonds is 5. The molecule has 2 rings (SSSR count). The highest BCUT2D eigenvalue weighted by atomic mass is 16.5. The number of phenols is 2. The van der Waals surface area contributed by atoms with Gasteiger partial charge in [-0.2, -0.15) is 0 Å². The maximum absolute atomic E-state index is 11.8. The number of aryl methyl sites for hydroxylation is 1. The van der Waals surface area contributed by atoms with E-state index < -0.39 is 34.5 Å². The summed E-state index contributed by atoms with van der Waals surface area (Å²) in [6, 6.07) is 3.63. The number of aromatic hydroxyl groups is 3. The SMILES string of the molecule is COc1cc([C@H](CC(N)=O)c2oc(C)cc(=O)c2O)cc(O)c1O. The quantitative estimate of drug-likeness (QED) is 0.599. The Bertz CT molecular complexity index is 841. The van der Waals surface area contributed by atoms with Crippen LogP contribution in [-0.2, 0) is 4.79 Å². The van der Waals surface area contributed by atoms with Crippen molar-refractivity contribution in [2.45, 2.75) is 19.3 Å². The van der Waals surface area contributed by atoms with E-state index in [0.29, 0.717) is 0 Å². The Hall–Kier alpha value is -3.16. The van der Waals surface area contributed by atoms with Gasteiger partial charge in [0.2, 0.25) is 22.8 Å². The van der Waals surface area contributed by atoms with Crippen LogP contribution in [0.4, 0.5) is 0 Å². The summed E-state index contributed by atoms with van der Waals surface area (Å²) in [4.78, 5) is 23.2. The van der Waals surface area contributed by atoms with Crippen molar-refractivity contribution < 1.29 is 29.3 Å². The average Bonchev–Trinajstić information content (AvgIpc) is 2.51. The van der Waals surface area contributed by atoms with Crippen LogP contribution in [0.5, 0.6) is 23.0 Å². The summed E-state index contributed by atoms with van der Waals surface area (Å²) in [6.07, 6.45) is -0.298. The maximum Gasteiger partial charge on any atom is 0.227 e. The molecule has 0 spiro atoms. The van der Waals surface area contributed by atoms with Crippen LogP contribution in [0.15, 0.2) is 27.4 Å². The first-order valence-electron chi connectivity index (χ1n) is 6.96. The summed E-state index contributed by atoms with van der Waals surface area (Å²) >= 11 is 0. The van der Waals surface area contributed by atoms with Crippen LogP contribution in [0.3, 0.4) is 0 Å². The first-order chi connectivity index (χ1) is 11.2. The highest BCUT2D eigenvalue weighted by Gasteiger charge is 2.27. The van der Waals surface area contributed by atoms with E-state index >= 15 is 0 Å². The van der Waals surface area contributed by atoms with Crippen LogP contribution < -0.4 is 15.9 Å². The molecule has 0 radical (unpaired) electrons. The van der Waals surface area contributed by atoms with E-state index in [0.717, 1.165) is 6.07 Å². The van der Waals surface area contributed by atoms with Crippen LogP contribution in [0, 0.1) is 6.92 Å². The van der Waals surface area contributed by atoms with Crippen molar-refractivity contribution >= 4 is 5.91 Å². The highest BCUT2D eigenvalue weighted by molar-refractivity contribution is 5.75. The van der Waals surface area contributed by atoms with Crippen LogP contribution >= 0.6 is 0 Å². The third-order valence-electron chi connectivity index (χ3n) is 3.49. The number of hydrogen-bond acceptors (Lipinski definition) is 7. The van der Waals surface area contributed by atoms with Gasteiger partial charge in [0.15, 0.2) is 17.3 Å². The highest BCUT2D eigenvalue weighted by Crippen LogP contribution is 2.41. The number of nitrogens with two attached hydrogens (primary N) is 1. The zero-order valence-electron chi connectivity index (χ0n) is 13.1. The zero-order chi connectivity index (χ0) is 18.0. The molecular formula is C16H17NO7. The fourth-order valence-electron chi connectivity index (χ4n) is 2.40. The predicted molar refractivity (Wildman–Crippen MR) is 83.4 cm³/mol. The van der Waals surface area contributed by atoms with Crippen LogP contribution in [0.1, 0.15) is 29.4 Å². The van der Waals surface area contributed by atoms with E-state index in [4.69, 9.17) is 14.9 Å². The van der Waals surface area contributed by atoms with Crippen molar-refractivity contribution in [1.82, 2.24) is 0 Å². The molecule has 2 aromatic rings. The molecule has 128 valence electrons. The molecule has 24 heavy (non-hydrogen) atoms. The molecule has 0 aliphatic carbocycles. The fourth-order valence-corrected chi connectivity index (χ4v) is 2.40. The van der Waals surface area contributed by atoms with Crippen molar-refractivity contribution in [3.63, 3.8) is 0 Å². The van der Waals surface area contributed by atoms with E-state index in [1.54, 1.807) is 0 Å². The largest absolute Gasteiger partial charge is 0.504 e. The lowest BCUT2D eigenvalue weighted by Crippen LogP contribution is -2.18. The summed E-state index contributed by atoms with van der Waals surface area (Å²) in [5.41, 5.74) is 4.85. The van der Waals surface area contributed by atoms with Crippen molar-refractivity contribution in [3.8, 4) is 23.0 Å². The van der Waals surface area contributed by atoms with Gasteiger partial charge in [-0.05, 0) is 24.6 Å². The van der Waals surface area contributed by atoms with Crippen LogP contribution in [0.25, 0.3) is 0 Å². The van der Waals surface area contributed by atoms with Crippen molar-refractivity contribution in [2.24, 2.45) is 5.73 Å². The smallest absolute Gasteiger partial charge is 0.227 e. The molecule has 8 nitrogen and oxygen atoms in total. The molecule has 1 atom stereocenters. The van der Waals surface area contributed by atoms with Gasteiger partial charge in [0.25, 0.3) is 0 Å². The van der Waals surface area contributed by atoms with Gasteiger partial charge in [0, 0.05) is 12.5 Å². The van der Waals surface area contributed by atoms with Crippen molar-refractivity contribution in [1.29, 1.82) is 0 Å².